The molecule has 1 heterocycles. The van der Waals surface area contributed by atoms with Gasteiger partial charge in [0.2, 0.25) is 0 Å². The van der Waals surface area contributed by atoms with Crippen LogP contribution in [-0.4, -0.2) is 19.1 Å². The van der Waals surface area contributed by atoms with E-state index >= 15 is 0 Å². The minimum Gasteiger partial charge on any atom is -0.489 e. The number of hydrogen-bond acceptors (Lipinski definition) is 3. The highest BCUT2D eigenvalue weighted by atomic mass is 35.5. The number of hydrogen-bond donors (Lipinski definition) is 2. The van der Waals surface area contributed by atoms with E-state index in [1.807, 2.05) is 30.3 Å². The normalized spacial score (nSPS) is 12.8. The first-order chi connectivity index (χ1) is 10.2. The molecule has 1 aliphatic rings. The number of rotatable bonds is 3. The van der Waals surface area contributed by atoms with Gasteiger partial charge in [0.1, 0.15) is 6.61 Å². The Morgan fingerprint density at radius 2 is 2.14 bits per heavy atom. The molecule has 0 bridgehead atoms. The van der Waals surface area contributed by atoms with Crippen LogP contribution in [0, 0.1) is 0 Å². The van der Waals surface area contributed by atoms with Crippen molar-refractivity contribution in [3.05, 3.63) is 58.6 Å². The molecule has 2 aromatic carbocycles. The van der Waals surface area contributed by atoms with Crippen LogP contribution in [0.1, 0.15) is 15.9 Å². The van der Waals surface area contributed by atoms with E-state index in [4.69, 9.17) is 16.3 Å². The molecule has 0 saturated carbocycles. The Labute approximate surface area is 128 Å². The maximum Gasteiger partial charge on any atom is 0.255 e. The Balaban J connectivity index is 1.74. The van der Waals surface area contributed by atoms with Crippen molar-refractivity contribution in [3.8, 4) is 5.75 Å². The van der Waals surface area contributed by atoms with Crippen LogP contribution in [0.15, 0.2) is 42.5 Å². The summed E-state index contributed by atoms with van der Waals surface area (Å²) in [5.74, 6) is 0.461. The first-order valence-corrected chi connectivity index (χ1v) is 7.14. The number of ether oxygens (including phenoxy) is 1. The van der Waals surface area contributed by atoms with Crippen LogP contribution in [0.25, 0.3) is 0 Å². The van der Waals surface area contributed by atoms with Gasteiger partial charge in [-0.2, -0.15) is 0 Å². The van der Waals surface area contributed by atoms with Crippen LogP contribution >= 0.6 is 11.6 Å². The molecule has 5 heteroatoms. The standard InChI is InChI=1S/C16H15ClN2O2/c17-12-4-1-3-11(9-12)10-19-16(20)13-5-2-6-14-15(13)21-8-7-18-14/h1-6,9,18H,7-8,10H2,(H,19,20). The number of anilines is 1. The lowest BCUT2D eigenvalue weighted by molar-refractivity contribution is 0.0947. The van der Waals surface area contributed by atoms with Crippen molar-refractivity contribution in [2.45, 2.75) is 6.54 Å². The molecular weight excluding hydrogens is 288 g/mol. The van der Waals surface area contributed by atoms with Crippen molar-refractivity contribution in [1.82, 2.24) is 5.32 Å². The number of nitrogens with one attached hydrogen (secondary N) is 2. The van der Waals surface area contributed by atoms with E-state index in [0.29, 0.717) is 29.5 Å². The smallest absolute Gasteiger partial charge is 0.255 e. The molecular formula is C16H15ClN2O2. The van der Waals surface area contributed by atoms with E-state index in [2.05, 4.69) is 10.6 Å². The summed E-state index contributed by atoms with van der Waals surface area (Å²) < 4.78 is 5.60. The number of carbonyl (C=O) groups is 1. The summed E-state index contributed by atoms with van der Waals surface area (Å²) in [6.07, 6.45) is 0. The molecule has 108 valence electrons. The van der Waals surface area contributed by atoms with Gasteiger partial charge in [0.25, 0.3) is 5.91 Å². The zero-order valence-electron chi connectivity index (χ0n) is 11.4. The van der Waals surface area contributed by atoms with Crippen LogP contribution in [0.2, 0.25) is 5.02 Å². The first-order valence-electron chi connectivity index (χ1n) is 6.76. The average molecular weight is 303 g/mol. The SMILES string of the molecule is O=C(NCc1cccc(Cl)c1)c1cccc2c1OCCN2. The summed E-state index contributed by atoms with van der Waals surface area (Å²) in [5, 5.41) is 6.76. The van der Waals surface area contributed by atoms with Gasteiger partial charge in [0, 0.05) is 18.1 Å². The summed E-state index contributed by atoms with van der Waals surface area (Å²) in [6.45, 7) is 1.74. The highest BCUT2D eigenvalue weighted by Gasteiger charge is 2.18. The number of halogens is 1. The van der Waals surface area contributed by atoms with Crippen molar-refractivity contribution in [3.63, 3.8) is 0 Å². The molecule has 0 spiro atoms. The maximum atomic E-state index is 12.3. The van der Waals surface area contributed by atoms with Gasteiger partial charge in [-0.15, -0.1) is 0 Å². The van der Waals surface area contributed by atoms with E-state index in [1.54, 1.807) is 12.1 Å². The van der Waals surface area contributed by atoms with E-state index in [-0.39, 0.29) is 5.91 Å². The molecule has 0 unspecified atom stereocenters. The first kappa shape index (κ1) is 13.8. The Hall–Kier alpha value is -2.20. The zero-order chi connectivity index (χ0) is 14.7. The lowest BCUT2D eigenvalue weighted by atomic mass is 10.1. The van der Waals surface area contributed by atoms with Gasteiger partial charge in [-0.3, -0.25) is 4.79 Å². The molecule has 2 N–H and O–H groups in total. The topological polar surface area (TPSA) is 50.4 Å². The van der Waals surface area contributed by atoms with Crippen LogP contribution in [0.3, 0.4) is 0 Å². The summed E-state index contributed by atoms with van der Waals surface area (Å²) in [4.78, 5) is 12.3. The summed E-state index contributed by atoms with van der Waals surface area (Å²) in [5.41, 5.74) is 2.36. The summed E-state index contributed by atoms with van der Waals surface area (Å²) in [7, 11) is 0. The fourth-order valence-electron chi connectivity index (χ4n) is 2.27. The number of fused-ring (bicyclic) bond motifs is 1. The minimum atomic E-state index is -0.157. The predicted octanol–water partition coefficient (Wildman–Crippen LogP) is 3.07. The van der Waals surface area contributed by atoms with Gasteiger partial charge in [-0.25, -0.2) is 0 Å². The van der Waals surface area contributed by atoms with Crippen molar-refractivity contribution in [2.24, 2.45) is 0 Å². The zero-order valence-corrected chi connectivity index (χ0v) is 12.1. The predicted molar refractivity (Wildman–Crippen MR) is 83.0 cm³/mol. The third-order valence-corrected chi connectivity index (χ3v) is 3.50. The lowest BCUT2D eigenvalue weighted by Crippen LogP contribution is -2.26. The molecule has 0 saturated heterocycles. The Morgan fingerprint density at radius 1 is 1.29 bits per heavy atom. The van der Waals surface area contributed by atoms with Gasteiger partial charge >= 0.3 is 0 Å². The van der Waals surface area contributed by atoms with Crippen LogP contribution in [0.5, 0.6) is 5.75 Å². The molecule has 2 aromatic rings. The maximum absolute atomic E-state index is 12.3. The van der Waals surface area contributed by atoms with Gasteiger partial charge < -0.3 is 15.4 Å². The van der Waals surface area contributed by atoms with E-state index < -0.39 is 0 Å². The fourth-order valence-corrected chi connectivity index (χ4v) is 2.49. The Morgan fingerprint density at radius 3 is 3.00 bits per heavy atom. The summed E-state index contributed by atoms with van der Waals surface area (Å²) >= 11 is 5.93. The Bertz CT molecular complexity index is 673. The number of benzene rings is 2. The van der Waals surface area contributed by atoms with Crippen LogP contribution < -0.4 is 15.4 Å². The molecule has 21 heavy (non-hydrogen) atoms. The van der Waals surface area contributed by atoms with Crippen LogP contribution in [-0.2, 0) is 6.54 Å². The highest BCUT2D eigenvalue weighted by Crippen LogP contribution is 2.31. The van der Waals surface area contributed by atoms with Crippen LogP contribution in [0.4, 0.5) is 5.69 Å². The molecule has 0 aromatic heterocycles. The van der Waals surface area contributed by atoms with Crippen molar-refractivity contribution >= 4 is 23.2 Å². The van der Waals surface area contributed by atoms with Gasteiger partial charge in [-0.1, -0.05) is 29.8 Å². The van der Waals surface area contributed by atoms with E-state index in [9.17, 15) is 4.79 Å². The molecule has 1 amide bonds. The highest BCUT2D eigenvalue weighted by molar-refractivity contribution is 6.30. The number of carbonyl (C=O) groups excluding carboxylic acids is 1. The van der Waals surface area contributed by atoms with E-state index in [0.717, 1.165) is 17.8 Å². The van der Waals surface area contributed by atoms with Gasteiger partial charge in [-0.05, 0) is 29.8 Å². The second-order valence-electron chi connectivity index (χ2n) is 4.77. The second kappa shape index (κ2) is 6.06. The molecule has 1 aliphatic heterocycles. The van der Waals surface area contributed by atoms with Crippen molar-refractivity contribution in [2.75, 3.05) is 18.5 Å². The Kier molecular flexibility index (Phi) is 3.97. The fraction of sp³-hybridized carbons (Fsp3) is 0.188. The number of amides is 1. The van der Waals surface area contributed by atoms with Gasteiger partial charge in [0.15, 0.2) is 5.75 Å². The third kappa shape index (κ3) is 3.11. The molecule has 0 aliphatic carbocycles. The lowest BCUT2D eigenvalue weighted by Gasteiger charge is -2.21. The van der Waals surface area contributed by atoms with Gasteiger partial charge in [0.05, 0.1) is 11.3 Å². The second-order valence-corrected chi connectivity index (χ2v) is 5.21. The van der Waals surface area contributed by atoms with E-state index in [1.165, 1.54) is 0 Å². The number of para-hydroxylation sites is 1. The van der Waals surface area contributed by atoms with Crippen molar-refractivity contribution in [1.29, 1.82) is 0 Å². The van der Waals surface area contributed by atoms with Crippen molar-refractivity contribution < 1.29 is 9.53 Å². The third-order valence-electron chi connectivity index (χ3n) is 3.27. The minimum absolute atomic E-state index is 0.157. The monoisotopic (exact) mass is 302 g/mol. The molecule has 3 rings (SSSR count). The summed E-state index contributed by atoms with van der Waals surface area (Å²) in [6, 6.07) is 12.9. The molecule has 0 fully saturated rings. The average Bonchev–Trinajstić information content (AvgIpc) is 2.52. The molecule has 0 atom stereocenters. The quantitative estimate of drug-likeness (QED) is 0.916. The largest absolute Gasteiger partial charge is 0.489 e. The molecule has 0 radical (unpaired) electrons. The molecule has 4 nitrogen and oxygen atoms in total.